The van der Waals surface area contributed by atoms with Gasteiger partial charge in [0, 0.05) is 6.42 Å². The molecule has 0 aliphatic rings. The average molecular weight is 187 g/mol. The largest absolute Gasteiger partial charge is 0.480 e. The first kappa shape index (κ1) is 12.1. The van der Waals surface area contributed by atoms with Gasteiger partial charge in [0.25, 0.3) is 0 Å². The molecule has 0 aliphatic carbocycles. The zero-order chi connectivity index (χ0) is 10.4. The fourth-order valence-electron chi connectivity index (χ4n) is 1.31. The summed E-state index contributed by atoms with van der Waals surface area (Å²) < 4.78 is 0. The molecule has 0 amide bonds. The summed E-state index contributed by atoms with van der Waals surface area (Å²) in [6.45, 7) is 6.50. The molecule has 0 heterocycles. The Balaban J connectivity index is 4.38. The van der Waals surface area contributed by atoms with Crippen LogP contribution in [0.25, 0.3) is 0 Å². The van der Waals surface area contributed by atoms with Crippen molar-refractivity contribution in [1.29, 1.82) is 0 Å². The van der Waals surface area contributed by atoms with Crippen molar-refractivity contribution in [2.75, 3.05) is 13.1 Å². The van der Waals surface area contributed by atoms with E-state index in [0.717, 1.165) is 0 Å². The molecular formula is C9H17NO3. The number of ketones is 1. The van der Waals surface area contributed by atoms with Gasteiger partial charge in [0.2, 0.25) is 0 Å². The second-order valence-corrected chi connectivity index (χ2v) is 2.98. The fourth-order valence-corrected chi connectivity index (χ4v) is 1.31. The number of carbonyl (C=O) groups is 2. The smallest absolute Gasteiger partial charge is 0.321 e. The van der Waals surface area contributed by atoms with Gasteiger partial charge in [-0.1, -0.05) is 13.8 Å². The zero-order valence-electron chi connectivity index (χ0n) is 8.41. The number of Topliss-reactive ketones (excluding diaryl/α,β-unsaturated/α-hetero) is 1. The van der Waals surface area contributed by atoms with Crippen LogP contribution in [0, 0.1) is 0 Å². The molecule has 0 saturated heterocycles. The third-order valence-electron chi connectivity index (χ3n) is 2.02. The van der Waals surface area contributed by atoms with Crippen LogP contribution in [0.5, 0.6) is 0 Å². The van der Waals surface area contributed by atoms with Crippen LogP contribution in [0.3, 0.4) is 0 Å². The van der Waals surface area contributed by atoms with Crippen LogP contribution in [0.2, 0.25) is 0 Å². The van der Waals surface area contributed by atoms with Gasteiger partial charge >= 0.3 is 5.97 Å². The Morgan fingerprint density at radius 1 is 1.31 bits per heavy atom. The monoisotopic (exact) mass is 187 g/mol. The number of likely N-dealkylation sites (N-methyl/N-ethyl adjacent to an activating group) is 1. The lowest BCUT2D eigenvalue weighted by atomic mass is 10.1. The quantitative estimate of drug-likeness (QED) is 0.667. The number of aliphatic carboxylic acids is 1. The molecule has 13 heavy (non-hydrogen) atoms. The molecule has 0 bridgehead atoms. The van der Waals surface area contributed by atoms with Crippen LogP contribution >= 0.6 is 0 Å². The number of carbonyl (C=O) groups excluding carboxylic acids is 1. The molecule has 0 radical (unpaired) electrons. The number of nitrogens with zero attached hydrogens (tertiary/aromatic N) is 1. The molecular weight excluding hydrogens is 170 g/mol. The Bertz CT molecular complexity index is 187. The van der Waals surface area contributed by atoms with E-state index in [-0.39, 0.29) is 12.2 Å². The minimum Gasteiger partial charge on any atom is -0.480 e. The van der Waals surface area contributed by atoms with E-state index in [0.29, 0.717) is 13.1 Å². The van der Waals surface area contributed by atoms with Gasteiger partial charge in [-0.2, -0.15) is 0 Å². The van der Waals surface area contributed by atoms with Crippen LogP contribution < -0.4 is 0 Å². The topological polar surface area (TPSA) is 57.6 Å². The zero-order valence-corrected chi connectivity index (χ0v) is 8.41. The molecule has 4 heteroatoms. The lowest BCUT2D eigenvalue weighted by molar-refractivity contribution is -0.145. The highest BCUT2D eigenvalue weighted by Gasteiger charge is 2.24. The fraction of sp³-hybridized carbons (Fsp3) is 0.778. The van der Waals surface area contributed by atoms with Crippen LogP contribution in [-0.2, 0) is 9.59 Å². The van der Waals surface area contributed by atoms with E-state index in [1.54, 1.807) is 4.90 Å². The summed E-state index contributed by atoms with van der Waals surface area (Å²) in [5.74, 6) is -1.00. The number of rotatable bonds is 6. The van der Waals surface area contributed by atoms with Gasteiger partial charge in [0.1, 0.15) is 11.8 Å². The Morgan fingerprint density at radius 3 is 2.00 bits per heavy atom. The van der Waals surface area contributed by atoms with Crippen molar-refractivity contribution in [2.45, 2.75) is 33.2 Å². The second kappa shape index (κ2) is 5.70. The van der Waals surface area contributed by atoms with Crippen LogP contribution in [0.1, 0.15) is 27.2 Å². The van der Waals surface area contributed by atoms with Gasteiger partial charge in [0.05, 0.1) is 0 Å². The summed E-state index contributed by atoms with van der Waals surface area (Å²) in [5, 5.41) is 8.86. The molecule has 4 nitrogen and oxygen atoms in total. The van der Waals surface area contributed by atoms with Crippen molar-refractivity contribution in [2.24, 2.45) is 0 Å². The third-order valence-corrected chi connectivity index (χ3v) is 2.02. The van der Waals surface area contributed by atoms with Gasteiger partial charge in [-0.05, 0) is 20.0 Å². The molecule has 0 aromatic carbocycles. The normalized spacial score (nSPS) is 12.9. The highest BCUT2D eigenvalue weighted by Crippen LogP contribution is 2.04. The molecule has 0 aliphatic heterocycles. The van der Waals surface area contributed by atoms with Gasteiger partial charge in [0.15, 0.2) is 0 Å². The van der Waals surface area contributed by atoms with Gasteiger partial charge in [-0.3, -0.25) is 14.5 Å². The minimum atomic E-state index is -0.918. The Kier molecular flexibility index (Phi) is 5.30. The standard InChI is InChI=1S/C9H17NO3/c1-4-10(5-2)8(9(12)13)6-7(3)11/h8H,4-6H2,1-3H3,(H,12,13). The number of hydrogen-bond acceptors (Lipinski definition) is 3. The predicted octanol–water partition coefficient (Wildman–Crippen LogP) is 0.760. The van der Waals surface area contributed by atoms with Crippen molar-refractivity contribution < 1.29 is 14.7 Å². The van der Waals surface area contributed by atoms with Crippen molar-refractivity contribution in [1.82, 2.24) is 4.90 Å². The molecule has 1 N–H and O–H groups in total. The maximum absolute atomic E-state index is 10.8. The van der Waals surface area contributed by atoms with E-state index in [2.05, 4.69) is 0 Å². The maximum Gasteiger partial charge on any atom is 0.321 e. The van der Waals surface area contributed by atoms with Crippen molar-refractivity contribution >= 4 is 11.8 Å². The molecule has 1 unspecified atom stereocenters. The Labute approximate surface area is 78.5 Å². The maximum atomic E-state index is 10.8. The lowest BCUT2D eigenvalue weighted by Gasteiger charge is -2.25. The molecule has 0 fully saturated rings. The van der Waals surface area contributed by atoms with Gasteiger partial charge in [-0.25, -0.2) is 0 Å². The van der Waals surface area contributed by atoms with E-state index < -0.39 is 12.0 Å². The predicted molar refractivity (Wildman–Crippen MR) is 49.6 cm³/mol. The number of carboxylic acid groups (broad SMARTS) is 1. The van der Waals surface area contributed by atoms with Crippen molar-refractivity contribution in [3.05, 3.63) is 0 Å². The Hall–Kier alpha value is -0.900. The summed E-state index contributed by atoms with van der Waals surface area (Å²) in [6, 6.07) is -0.660. The number of hydrogen-bond donors (Lipinski definition) is 1. The first-order valence-corrected chi connectivity index (χ1v) is 4.49. The van der Waals surface area contributed by atoms with Crippen LogP contribution in [0.4, 0.5) is 0 Å². The van der Waals surface area contributed by atoms with Crippen LogP contribution in [0.15, 0.2) is 0 Å². The average Bonchev–Trinajstić information content (AvgIpc) is 2.04. The van der Waals surface area contributed by atoms with Crippen molar-refractivity contribution in [3.8, 4) is 0 Å². The van der Waals surface area contributed by atoms with Gasteiger partial charge in [-0.15, -0.1) is 0 Å². The highest BCUT2D eigenvalue weighted by atomic mass is 16.4. The summed E-state index contributed by atoms with van der Waals surface area (Å²) in [6.07, 6.45) is 0.0943. The number of carboxylic acids is 1. The molecule has 1 atom stereocenters. The van der Waals surface area contributed by atoms with E-state index in [9.17, 15) is 9.59 Å². The highest BCUT2D eigenvalue weighted by molar-refractivity contribution is 5.84. The molecule has 0 rings (SSSR count). The van der Waals surface area contributed by atoms with E-state index in [1.807, 2.05) is 13.8 Å². The molecule has 0 spiro atoms. The van der Waals surface area contributed by atoms with E-state index >= 15 is 0 Å². The third kappa shape index (κ3) is 4.03. The Morgan fingerprint density at radius 2 is 1.77 bits per heavy atom. The first-order valence-electron chi connectivity index (χ1n) is 4.49. The molecule has 76 valence electrons. The minimum absolute atomic E-state index is 0.0840. The molecule has 0 aromatic rings. The summed E-state index contributed by atoms with van der Waals surface area (Å²) in [4.78, 5) is 23.4. The molecule has 0 saturated carbocycles. The van der Waals surface area contributed by atoms with E-state index in [4.69, 9.17) is 5.11 Å². The SMILES string of the molecule is CCN(CC)C(CC(C)=O)C(=O)O. The van der Waals surface area contributed by atoms with Gasteiger partial charge < -0.3 is 5.11 Å². The summed E-state index contributed by atoms with van der Waals surface area (Å²) in [5.41, 5.74) is 0. The van der Waals surface area contributed by atoms with Crippen molar-refractivity contribution in [3.63, 3.8) is 0 Å². The second-order valence-electron chi connectivity index (χ2n) is 2.98. The van der Waals surface area contributed by atoms with E-state index in [1.165, 1.54) is 6.92 Å². The summed E-state index contributed by atoms with van der Waals surface area (Å²) >= 11 is 0. The lowest BCUT2D eigenvalue weighted by Crippen LogP contribution is -2.42. The van der Waals surface area contributed by atoms with Crippen LogP contribution in [-0.4, -0.2) is 40.9 Å². The molecule has 0 aromatic heterocycles. The first-order chi connectivity index (χ1) is 6.02. The summed E-state index contributed by atoms with van der Waals surface area (Å²) in [7, 11) is 0.